The molecule has 0 fully saturated rings. The van der Waals surface area contributed by atoms with Gasteiger partial charge in [0.25, 0.3) is 11.5 Å². The number of amides is 1. The first-order valence-electron chi connectivity index (χ1n) is 8.29. The molecule has 0 unspecified atom stereocenters. The monoisotopic (exact) mass is 362 g/mol. The largest absolute Gasteiger partial charge is 0.347 e. The lowest BCUT2D eigenvalue weighted by atomic mass is 10.1. The highest BCUT2D eigenvalue weighted by molar-refractivity contribution is 5.96. The van der Waals surface area contributed by atoms with Gasteiger partial charge in [-0.15, -0.1) is 0 Å². The molecule has 6 nitrogen and oxygen atoms in total. The average Bonchev–Trinajstić information content (AvgIpc) is 3.20. The lowest BCUT2D eigenvalue weighted by Crippen LogP contribution is -2.26. The number of carbonyl (C=O) groups is 1. The SMILES string of the molecule is O=C(NCc1ccc(-n2ccnc2)c(F)c1)c1cc2ccccc2c(=O)[nH]1. The summed E-state index contributed by atoms with van der Waals surface area (Å²) in [5, 5.41) is 3.90. The number of hydrogen-bond acceptors (Lipinski definition) is 3. The van der Waals surface area contributed by atoms with E-state index < -0.39 is 11.7 Å². The maximum Gasteiger partial charge on any atom is 0.268 e. The van der Waals surface area contributed by atoms with E-state index in [9.17, 15) is 14.0 Å². The summed E-state index contributed by atoms with van der Waals surface area (Å²) in [6, 6.07) is 13.4. The maximum absolute atomic E-state index is 14.3. The number of aromatic amines is 1. The molecule has 4 rings (SSSR count). The molecule has 27 heavy (non-hydrogen) atoms. The fraction of sp³-hybridized carbons (Fsp3) is 0.0500. The number of fused-ring (bicyclic) bond motifs is 1. The summed E-state index contributed by atoms with van der Waals surface area (Å²) >= 11 is 0. The second-order valence-electron chi connectivity index (χ2n) is 6.04. The van der Waals surface area contributed by atoms with Crippen molar-refractivity contribution in [3.63, 3.8) is 0 Å². The molecule has 0 bridgehead atoms. The van der Waals surface area contributed by atoms with Crippen molar-refractivity contribution in [3.8, 4) is 5.69 Å². The van der Waals surface area contributed by atoms with Crippen LogP contribution in [0.1, 0.15) is 16.1 Å². The molecule has 2 N–H and O–H groups in total. The lowest BCUT2D eigenvalue weighted by molar-refractivity contribution is 0.0946. The van der Waals surface area contributed by atoms with E-state index in [-0.39, 0.29) is 17.8 Å². The standard InChI is InChI=1S/C20H15FN4O2/c21-16-9-13(5-6-18(16)25-8-7-22-12-25)11-23-20(27)17-10-14-3-1-2-4-15(14)19(26)24-17/h1-10,12H,11H2,(H,23,27)(H,24,26). The number of rotatable bonds is 4. The van der Waals surface area contributed by atoms with Gasteiger partial charge in [0.2, 0.25) is 0 Å². The first kappa shape index (κ1) is 16.7. The normalized spacial score (nSPS) is 10.9. The Morgan fingerprint density at radius 2 is 2.04 bits per heavy atom. The number of nitrogens with zero attached hydrogens (tertiary/aromatic N) is 2. The zero-order valence-corrected chi connectivity index (χ0v) is 14.1. The summed E-state index contributed by atoms with van der Waals surface area (Å²) in [5.41, 5.74) is 0.817. The molecule has 4 aromatic rings. The molecule has 7 heteroatoms. The van der Waals surface area contributed by atoms with Gasteiger partial charge in [0, 0.05) is 24.3 Å². The van der Waals surface area contributed by atoms with Gasteiger partial charge in [-0.2, -0.15) is 0 Å². The van der Waals surface area contributed by atoms with Crippen LogP contribution >= 0.6 is 0 Å². The number of aromatic nitrogens is 3. The van der Waals surface area contributed by atoms with Gasteiger partial charge >= 0.3 is 0 Å². The van der Waals surface area contributed by atoms with E-state index in [1.807, 2.05) is 0 Å². The quantitative estimate of drug-likeness (QED) is 0.586. The van der Waals surface area contributed by atoms with Gasteiger partial charge in [-0.05, 0) is 35.2 Å². The third-order valence-electron chi connectivity index (χ3n) is 4.25. The summed E-state index contributed by atoms with van der Waals surface area (Å²) < 4.78 is 15.8. The van der Waals surface area contributed by atoms with Gasteiger partial charge in [-0.3, -0.25) is 9.59 Å². The third-order valence-corrected chi connectivity index (χ3v) is 4.25. The molecule has 0 radical (unpaired) electrons. The molecule has 0 aliphatic carbocycles. The number of benzene rings is 2. The second-order valence-corrected chi connectivity index (χ2v) is 6.04. The fourth-order valence-electron chi connectivity index (χ4n) is 2.88. The van der Waals surface area contributed by atoms with Crippen LogP contribution in [-0.4, -0.2) is 20.4 Å². The molecule has 0 saturated heterocycles. The van der Waals surface area contributed by atoms with E-state index in [0.29, 0.717) is 22.0 Å². The average molecular weight is 362 g/mol. The molecule has 0 saturated carbocycles. The van der Waals surface area contributed by atoms with Crippen LogP contribution < -0.4 is 10.9 Å². The van der Waals surface area contributed by atoms with E-state index in [1.54, 1.807) is 59.4 Å². The molecule has 0 atom stereocenters. The predicted molar refractivity (Wildman–Crippen MR) is 99.3 cm³/mol. The number of carbonyl (C=O) groups excluding carboxylic acids is 1. The molecule has 0 aliphatic heterocycles. The Hall–Kier alpha value is -3.74. The van der Waals surface area contributed by atoms with Gasteiger partial charge < -0.3 is 14.9 Å². The van der Waals surface area contributed by atoms with Crippen molar-refractivity contribution in [2.75, 3.05) is 0 Å². The van der Waals surface area contributed by atoms with Crippen molar-refractivity contribution in [3.05, 3.63) is 94.7 Å². The summed E-state index contributed by atoms with van der Waals surface area (Å²) in [6.07, 6.45) is 4.73. The third kappa shape index (κ3) is 3.35. The smallest absolute Gasteiger partial charge is 0.268 e. The topological polar surface area (TPSA) is 79.8 Å². The number of pyridine rings is 1. The van der Waals surface area contributed by atoms with Gasteiger partial charge in [-0.1, -0.05) is 24.3 Å². The highest BCUT2D eigenvalue weighted by atomic mass is 19.1. The molecule has 0 aliphatic rings. The van der Waals surface area contributed by atoms with Crippen LogP contribution in [0, 0.1) is 5.82 Å². The Labute approximate surface area is 153 Å². The van der Waals surface area contributed by atoms with Crippen molar-refractivity contribution in [2.45, 2.75) is 6.54 Å². The van der Waals surface area contributed by atoms with Crippen molar-refractivity contribution < 1.29 is 9.18 Å². The van der Waals surface area contributed by atoms with E-state index in [1.165, 1.54) is 12.4 Å². The van der Waals surface area contributed by atoms with Crippen molar-refractivity contribution in [1.29, 1.82) is 0 Å². The summed E-state index contributed by atoms with van der Waals surface area (Å²) in [5.74, 6) is -0.851. The van der Waals surface area contributed by atoms with E-state index in [0.717, 1.165) is 0 Å². The number of hydrogen-bond donors (Lipinski definition) is 2. The Balaban J connectivity index is 1.51. The van der Waals surface area contributed by atoms with Crippen LogP contribution in [0.25, 0.3) is 16.5 Å². The predicted octanol–water partition coefficient (Wildman–Crippen LogP) is 2.78. The molecule has 2 aromatic carbocycles. The van der Waals surface area contributed by atoms with Gasteiger partial charge in [-0.25, -0.2) is 9.37 Å². The first-order chi connectivity index (χ1) is 13.1. The molecule has 2 aromatic heterocycles. The van der Waals surface area contributed by atoms with Crippen LogP contribution in [0.15, 0.2) is 72.0 Å². The Morgan fingerprint density at radius 1 is 1.19 bits per heavy atom. The number of H-pyrrole nitrogens is 1. The molecule has 134 valence electrons. The molecular formula is C20H15FN4O2. The van der Waals surface area contributed by atoms with Gasteiger partial charge in [0.15, 0.2) is 0 Å². The van der Waals surface area contributed by atoms with Crippen molar-refractivity contribution in [2.24, 2.45) is 0 Å². The zero-order valence-electron chi connectivity index (χ0n) is 14.1. The Kier molecular flexibility index (Phi) is 4.25. The molecule has 1 amide bonds. The first-order valence-corrected chi connectivity index (χ1v) is 8.29. The van der Waals surface area contributed by atoms with Crippen LogP contribution in [0.5, 0.6) is 0 Å². The van der Waals surface area contributed by atoms with Crippen LogP contribution in [0.2, 0.25) is 0 Å². The van der Waals surface area contributed by atoms with E-state index >= 15 is 0 Å². The highest BCUT2D eigenvalue weighted by Gasteiger charge is 2.10. The summed E-state index contributed by atoms with van der Waals surface area (Å²) in [4.78, 5) is 30.9. The van der Waals surface area contributed by atoms with Crippen LogP contribution in [0.3, 0.4) is 0 Å². The van der Waals surface area contributed by atoms with E-state index in [4.69, 9.17) is 0 Å². The summed E-state index contributed by atoms with van der Waals surface area (Å²) in [7, 11) is 0. The zero-order chi connectivity index (χ0) is 18.8. The fourth-order valence-corrected chi connectivity index (χ4v) is 2.88. The minimum Gasteiger partial charge on any atom is -0.347 e. The Morgan fingerprint density at radius 3 is 2.81 bits per heavy atom. The Bertz CT molecular complexity index is 1180. The van der Waals surface area contributed by atoms with Crippen molar-refractivity contribution in [1.82, 2.24) is 19.9 Å². The molecular weight excluding hydrogens is 347 g/mol. The maximum atomic E-state index is 14.3. The minimum atomic E-state index is -0.433. The van der Waals surface area contributed by atoms with Crippen molar-refractivity contribution >= 4 is 16.7 Å². The van der Waals surface area contributed by atoms with Crippen LogP contribution in [-0.2, 0) is 6.54 Å². The van der Waals surface area contributed by atoms with E-state index in [2.05, 4.69) is 15.3 Å². The van der Waals surface area contributed by atoms with Crippen LogP contribution in [0.4, 0.5) is 4.39 Å². The number of imidazole rings is 1. The number of halogens is 1. The molecule has 0 spiro atoms. The molecule has 2 heterocycles. The second kappa shape index (κ2) is 6.87. The van der Waals surface area contributed by atoms with Gasteiger partial charge in [0.1, 0.15) is 11.5 Å². The number of nitrogens with one attached hydrogen (secondary N) is 2. The summed E-state index contributed by atoms with van der Waals surface area (Å²) in [6.45, 7) is 0.134. The van der Waals surface area contributed by atoms with Gasteiger partial charge in [0.05, 0.1) is 12.0 Å². The minimum absolute atomic E-state index is 0.134. The highest BCUT2D eigenvalue weighted by Crippen LogP contribution is 2.15. The lowest BCUT2D eigenvalue weighted by Gasteiger charge is -2.09.